The number of hydrogen-bond acceptors (Lipinski definition) is 22. The Bertz CT molecular complexity index is 3700. The molecule has 0 unspecified atom stereocenters. The SMILES string of the molecule is O=C([O-])c1cccc(Nc2ccc3c([O-])c(N=Nc4ccc(-c5ccc(N=Nc6c(S(=O)(=O)[O-])cc7cc(Nc8cccc(C(=O)[O-])c8)ccc7c6[O-])c(C(=O)[O-])c5)cc4C(=O)[O-])c(S(=O)(=O)[O-])cc3c2)c1.[Cu+2].[Cu+2].[Na+]. The fraction of sp³-hybridized carbons (Fsp3) is 0. The van der Waals surface area contributed by atoms with Gasteiger partial charge in [0.05, 0.1) is 56.4 Å². The van der Waals surface area contributed by atoms with Crippen LogP contribution in [0.5, 0.6) is 11.5 Å². The first-order valence-electron chi connectivity index (χ1n) is 20.2. The van der Waals surface area contributed by atoms with Crippen molar-refractivity contribution in [3.63, 3.8) is 0 Å². The summed E-state index contributed by atoms with van der Waals surface area (Å²) in [6, 6.07) is 27.0. The van der Waals surface area contributed by atoms with Crippen molar-refractivity contribution >= 4 is 111 Å². The zero-order chi connectivity index (χ0) is 51.8. The minimum atomic E-state index is -5.44. The Kier molecular flexibility index (Phi) is 18.1. The first-order valence-corrected chi connectivity index (χ1v) is 23.1. The second-order valence-electron chi connectivity index (χ2n) is 15.3. The van der Waals surface area contributed by atoms with Crippen LogP contribution in [0.1, 0.15) is 41.4 Å². The fourth-order valence-electron chi connectivity index (χ4n) is 7.32. The predicted molar refractivity (Wildman–Crippen MR) is 240 cm³/mol. The van der Waals surface area contributed by atoms with E-state index in [0.717, 1.165) is 36.4 Å². The van der Waals surface area contributed by atoms with E-state index in [0.29, 0.717) is 11.4 Å². The Morgan fingerprint density at radius 2 is 0.787 bits per heavy atom. The van der Waals surface area contributed by atoms with Gasteiger partial charge in [0.25, 0.3) is 0 Å². The van der Waals surface area contributed by atoms with Gasteiger partial charge in [0.1, 0.15) is 20.2 Å². The molecule has 0 fully saturated rings. The van der Waals surface area contributed by atoms with Crippen LogP contribution in [0.25, 0.3) is 32.7 Å². The summed E-state index contributed by atoms with van der Waals surface area (Å²) in [5.74, 6) is -8.80. The number of anilines is 4. The molecule has 0 spiro atoms. The van der Waals surface area contributed by atoms with Gasteiger partial charge in [0.2, 0.25) is 0 Å². The number of carboxylic acids is 4. The van der Waals surface area contributed by atoms with E-state index < -0.39 is 99.3 Å². The summed E-state index contributed by atoms with van der Waals surface area (Å²) in [6.07, 6.45) is 0. The molecule has 0 aromatic heterocycles. The van der Waals surface area contributed by atoms with E-state index in [1.54, 1.807) is 0 Å². The molecule has 75 heavy (non-hydrogen) atoms. The number of carbonyl (C=O) groups is 4. The molecule has 0 saturated heterocycles. The molecule has 8 aromatic rings. The molecule has 0 aliphatic rings. The number of benzene rings is 8. The maximum atomic E-state index is 13.6. The van der Waals surface area contributed by atoms with Crippen LogP contribution >= 0.6 is 0 Å². The van der Waals surface area contributed by atoms with E-state index in [4.69, 9.17) is 0 Å². The molecule has 0 aliphatic carbocycles. The molecule has 2 N–H and O–H groups in total. The minimum Gasteiger partial charge on any atom is -0.871 e. The Balaban J connectivity index is 0.00000347. The van der Waals surface area contributed by atoms with E-state index in [2.05, 4.69) is 31.1 Å². The largest absolute Gasteiger partial charge is 2.00 e. The summed E-state index contributed by atoms with van der Waals surface area (Å²) >= 11 is 0. The smallest absolute Gasteiger partial charge is 0.871 e. The van der Waals surface area contributed by atoms with E-state index in [1.807, 2.05) is 0 Å². The number of fused-ring (bicyclic) bond motifs is 2. The Hall–Kier alpha value is -7.58. The minimum absolute atomic E-state index is 0. The zero-order valence-electron chi connectivity index (χ0n) is 37.4. The van der Waals surface area contributed by atoms with Gasteiger partial charge in [-0.15, -0.1) is 20.5 Å². The number of aromatic carboxylic acids is 4. The van der Waals surface area contributed by atoms with Gasteiger partial charge in [0, 0.05) is 33.9 Å². The molecule has 8 aromatic carbocycles. The second-order valence-corrected chi connectivity index (χ2v) is 18.0. The molecule has 0 atom stereocenters. The van der Waals surface area contributed by atoms with Gasteiger partial charge in [-0.2, -0.15) is 0 Å². The molecule has 0 aliphatic heterocycles. The predicted octanol–water partition coefficient (Wildman–Crippen LogP) is 0.386. The quantitative estimate of drug-likeness (QED) is 0.0796. The third-order valence-electron chi connectivity index (χ3n) is 10.7. The van der Waals surface area contributed by atoms with Crippen molar-refractivity contribution < 1.29 is 139 Å². The summed E-state index contributed by atoms with van der Waals surface area (Å²) in [4.78, 5) is 45.1. The molecular weight excluding hydrogens is 1130 g/mol. The van der Waals surface area contributed by atoms with Gasteiger partial charge in [-0.1, -0.05) is 60.0 Å². The summed E-state index contributed by atoms with van der Waals surface area (Å²) in [5.41, 5.74) is -3.61. The van der Waals surface area contributed by atoms with Crippen molar-refractivity contribution in [2.45, 2.75) is 9.79 Å². The van der Waals surface area contributed by atoms with Crippen LogP contribution in [-0.2, 0) is 54.4 Å². The van der Waals surface area contributed by atoms with Crippen molar-refractivity contribution in [1.82, 2.24) is 0 Å². The van der Waals surface area contributed by atoms with E-state index >= 15 is 0 Å². The first kappa shape index (κ1) is 58.3. The van der Waals surface area contributed by atoms with Crippen LogP contribution in [-0.4, -0.2) is 49.8 Å². The number of nitrogens with zero attached hydrogens (tertiary/aromatic N) is 4. The van der Waals surface area contributed by atoms with Crippen molar-refractivity contribution in [2.75, 3.05) is 10.6 Å². The van der Waals surface area contributed by atoms with Gasteiger partial charge in [-0.25, -0.2) is 16.8 Å². The van der Waals surface area contributed by atoms with Gasteiger partial charge < -0.3 is 69.6 Å². The van der Waals surface area contributed by atoms with Crippen LogP contribution < -0.4 is 70.8 Å². The van der Waals surface area contributed by atoms with Crippen molar-refractivity contribution in [2.24, 2.45) is 20.5 Å². The van der Waals surface area contributed by atoms with E-state index in [-0.39, 0.29) is 119 Å². The Labute approximate surface area is 466 Å². The fourth-order valence-corrected chi connectivity index (χ4v) is 8.61. The van der Waals surface area contributed by atoms with Crippen LogP contribution in [0.3, 0.4) is 0 Å². The molecule has 0 amide bonds. The van der Waals surface area contributed by atoms with Gasteiger partial charge in [0.15, 0.2) is 0 Å². The van der Waals surface area contributed by atoms with Gasteiger partial charge in [-0.3, -0.25) is 0 Å². The molecule has 0 bridgehead atoms. The van der Waals surface area contributed by atoms with Gasteiger partial charge >= 0.3 is 63.7 Å². The van der Waals surface area contributed by atoms with Crippen molar-refractivity contribution in [3.05, 3.63) is 156 Å². The number of rotatable bonds is 15. The number of carbonyl (C=O) groups excluding carboxylic acids is 4. The Morgan fingerprint density at radius 1 is 0.427 bits per heavy atom. The second kappa shape index (κ2) is 23.3. The molecule has 0 heterocycles. The number of nitrogens with one attached hydrogen (secondary N) is 2. The molecular formula is C48H24Cu2N6NaO16S2-3. The molecule has 380 valence electrons. The Morgan fingerprint density at radius 3 is 1.12 bits per heavy atom. The van der Waals surface area contributed by atoms with E-state index in [1.165, 1.54) is 97.1 Å². The number of carboxylic acid groups (broad SMARTS) is 4. The summed E-state index contributed by atoms with van der Waals surface area (Å²) < 4.78 is 74.5. The zero-order valence-corrected chi connectivity index (χ0v) is 43.0. The third-order valence-corrected chi connectivity index (χ3v) is 12.4. The molecule has 2 radical (unpaired) electrons. The van der Waals surface area contributed by atoms with Crippen molar-refractivity contribution in [3.8, 4) is 22.6 Å². The molecule has 27 heteroatoms. The average Bonchev–Trinajstić information content (AvgIpc) is 3.32. The maximum Gasteiger partial charge on any atom is 2.00 e. The van der Waals surface area contributed by atoms with Crippen LogP contribution in [0.15, 0.2) is 164 Å². The average molecular weight is 1150 g/mol. The molecule has 22 nitrogen and oxygen atoms in total. The van der Waals surface area contributed by atoms with Gasteiger partial charge in [-0.05, 0) is 129 Å². The topological polar surface area (TPSA) is 395 Å². The first-order chi connectivity index (χ1) is 34.0. The molecule has 0 saturated carbocycles. The van der Waals surface area contributed by atoms with Crippen molar-refractivity contribution in [1.29, 1.82) is 0 Å². The monoisotopic (exact) mass is 1150 g/mol. The maximum absolute atomic E-state index is 13.6. The van der Waals surface area contributed by atoms with E-state index in [9.17, 15) is 75.8 Å². The summed E-state index contributed by atoms with van der Waals surface area (Å²) in [5, 5.41) is 94.8. The summed E-state index contributed by atoms with van der Waals surface area (Å²) in [7, 11) is -10.9. The third kappa shape index (κ3) is 12.9. The number of hydrogen-bond donors (Lipinski definition) is 2. The number of azo groups is 2. The van der Waals surface area contributed by atoms with Crippen LogP contribution in [0, 0.1) is 0 Å². The normalized spacial score (nSPS) is 11.4. The van der Waals surface area contributed by atoms with Crippen LogP contribution in [0.2, 0.25) is 0 Å². The summed E-state index contributed by atoms with van der Waals surface area (Å²) in [6.45, 7) is 0. The molecule has 8 rings (SSSR count). The van der Waals surface area contributed by atoms with Crippen LogP contribution in [0.4, 0.5) is 45.5 Å². The standard InChI is InChI=1S/C48H32N6O16S2.2Cu.Na/c55-43-33-11-9-31(49-29-5-1-3-25(15-29)45(57)58)17-27(33)21-39(71(65,66)67)41(43)53-51-37-13-7-23(19-35(37)47(61)62)24-8-14-38(36(20-24)48(63)64)52-54-42-40(72(68,69)70)22-28-18-32(10-12-34(28)44(42)56)50-30-6-2-4-26(16-30)46(59)60;;;/h1-22,49-50,55-56H,(H,57,58)(H,59,60)(H,61,62)(H,63,64)(H,65,66,67)(H,68,69,70);;;/q;2*+2;+1/p-8.